The molecule has 0 aromatic heterocycles. The van der Waals surface area contributed by atoms with E-state index < -0.39 is 191 Å². The van der Waals surface area contributed by atoms with Gasteiger partial charge in [-0.3, -0.25) is 58.6 Å². The van der Waals surface area contributed by atoms with E-state index in [1.807, 2.05) is 0 Å². The summed E-state index contributed by atoms with van der Waals surface area (Å²) >= 11 is 0. The molecule has 5 aliphatic heterocycles. The van der Waals surface area contributed by atoms with Gasteiger partial charge in [0.05, 0.1) is 24.2 Å². The minimum absolute atomic E-state index is 0.0791. The van der Waals surface area contributed by atoms with Gasteiger partial charge in [-0.05, 0) is 88.7 Å². The number of hydrazine groups is 1. The fourth-order valence-electron chi connectivity index (χ4n) is 12.7. The number of hydrogen-bond acceptors (Lipinski definition) is 19. The molecule has 1 aromatic rings. The summed E-state index contributed by atoms with van der Waals surface area (Å²) in [5.74, 6) is -6.17. The third kappa shape index (κ3) is 14.6. The molecule has 12 atom stereocenters. The minimum Gasteiger partial charge on any atom is -0.458 e. The number of hydrogen-bond donors (Lipinski definition) is 6. The second-order valence-electron chi connectivity index (χ2n) is 25.9. The summed E-state index contributed by atoms with van der Waals surface area (Å²) in [6.45, 7) is 18.8. The highest BCUT2D eigenvalue weighted by molar-refractivity contribution is 6.11. The van der Waals surface area contributed by atoms with Crippen LogP contribution >= 0.6 is 0 Å². The molecule has 0 saturated carbocycles. The van der Waals surface area contributed by atoms with Crippen molar-refractivity contribution in [1.82, 2.24) is 55.7 Å². The Labute approximate surface area is 540 Å². The Bertz CT molecular complexity index is 3480. The van der Waals surface area contributed by atoms with Gasteiger partial charge in [0.15, 0.2) is 11.3 Å². The summed E-state index contributed by atoms with van der Waals surface area (Å²) in [7, 11) is 5.60. The van der Waals surface area contributed by atoms with Gasteiger partial charge in [-0.2, -0.15) is 0 Å². The lowest BCUT2D eigenvalue weighted by atomic mass is 9.96. The van der Waals surface area contributed by atoms with Crippen molar-refractivity contribution in [2.75, 3.05) is 59.8 Å². The highest BCUT2D eigenvalue weighted by Crippen LogP contribution is 2.36. The molecule has 5 heterocycles. The number of carbonyl (C=O) groups excluding carboxylic acids is 12. The van der Waals surface area contributed by atoms with E-state index in [4.69, 9.17) is 24.7 Å². The van der Waals surface area contributed by atoms with Crippen molar-refractivity contribution in [3.05, 3.63) is 44.6 Å². The van der Waals surface area contributed by atoms with Crippen LogP contribution in [0.5, 0.6) is 0 Å². The van der Waals surface area contributed by atoms with Crippen molar-refractivity contribution in [3.8, 4) is 11.5 Å². The lowest BCUT2D eigenvalue weighted by Gasteiger charge is -2.36. The van der Waals surface area contributed by atoms with Gasteiger partial charge in [-0.25, -0.2) is 14.6 Å². The number of nitrogen functional groups attached to an aromatic ring is 1. The van der Waals surface area contributed by atoms with Crippen molar-refractivity contribution in [3.63, 3.8) is 0 Å². The van der Waals surface area contributed by atoms with Crippen LogP contribution in [0.1, 0.15) is 140 Å². The number of nitrogens with two attached hydrogens (primary N) is 1. The summed E-state index contributed by atoms with van der Waals surface area (Å²) in [5.41, 5.74) is -0.543. The Kier molecular flexibility index (Phi) is 22.7. The van der Waals surface area contributed by atoms with E-state index in [9.17, 15) is 43.2 Å². The third-order valence-corrected chi connectivity index (χ3v) is 18.7. The van der Waals surface area contributed by atoms with Crippen LogP contribution in [0.25, 0.3) is 22.6 Å². The van der Waals surface area contributed by atoms with Crippen LogP contribution < -0.4 is 38.0 Å². The molecule has 1 aromatic carbocycles. The van der Waals surface area contributed by atoms with Gasteiger partial charge in [-0.1, -0.05) is 74.3 Å². The van der Waals surface area contributed by atoms with Gasteiger partial charge < -0.3 is 70.0 Å². The van der Waals surface area contributed by atoms with E-state index in [2.05, 4.69) is 26.7 Å². The number of aromatic nitrogens is 1. The number of nitrogens with zero attached hydrogens (tertiary/aromatic N) is 7. The van der Waals surface area contributed by atoms with Crippen molar-refractivity contribution in [2.24, 2.45) is 29.5 Å². The molecule has 0 radical (unpaired) electrons. The molecule has 1 aliphatic carbocycles. The van der Waals surface area contributed by atoms with Crippen LogP contribution in [-0.4, -0.2) is 220 Å². The fraction of sp³-hybridized carbons (Fsp3) is 0.625. The molecular formula is C64H91N13O16. The maximum atomic E-state index is 15.4. The summed E-state index contributed by atoms with van der Waals surface area (Å²) in [4.78, 5) is 201. The largest absolute Gasteiger partial charge is 0.458 e. The Morgan fingerprint density at radius 1 is 0.645 bits per heavy atom. The molecule has 4 fully saturated rings. The predicted molar refractivity (Wildman–Crippen MR) is 338 cm³/mol. The molecule has 93 heavy (non-hydrogen) atoms. The fourth-order valence-corrected chi connectivity index (χ4v) is 12.7. The number of cyclic esters (lactones) is 2. The molecule has 12 unspecified atom stereocenters. The molecule has 29 nitrogen and oxygen atoms in total. The van der Waals surface area contributed by atoms with Crippen LogP contribution in [-0.2, 0) is 57.4 Å². The van der Waals surface area contributed by atoms with E-state index in [0.29, 0.717) is 31.2 Å². The van der Waals surface area contributed by atoms with Crippen LogP contribution in [0.3, 0.4) is 0 Å². The first-order valence-electron chi connectivity index (χ1n) is 31.9. The van der Waals surface area contributed by atoms with Gasteiger partial charge in [0.25, 0.3) is 11.8 Å². The highest BCUT2D eigenvalue weighted by atomic mass is 16.6. The molecule has 10 amide bonds. The number of amides is 10. The minimum atomic E-state index is -1.90. The molecule has 0 bridgehead atoms. The molecular weight excluding hydrogens is 1210 g/mol. The molecule has 7 N–H and O–H groups in total. The second kappa shape index (κ2) is 29.5. The topological polar surface area (TPSA) is 372 Å². The molecule has 0 spiro atoms. The van der Waals surface area contributed by atoms with Crippen LogP contribution in [0.4, 0.5) is 5.69 Å². The summed E-state index contributed by atoms with van der Waals surface area (Å²) in [6, 6.07) is -7.92. The number of anilines is 1. The number of ether oxygens (including phenoxy) is 2. The van der Waals surface area contributed by atoms with E-state index in [-0.39, 0.29) is 53.9 Å². The zero-order valence-electron chi connectivity index (χ0n) is 56.0. The van der Waals surface area contributed by atoms with Crippen molar-refractivity contribution in [2.45, 2.75) is 182 Å². The Morgan fingerprint density at radius 3 is 1.48 bits per heavy atom. The van der Waals surface area contributed by atoms with Crippen LogP contribution in [0.15, 0.2) is 21.3 Å². The first-order chi connectivity index (χ1) is 43.7. The quantitative estimate of drug-likeness (QED) is 0.0680. The van der Waals surface area contributed by atoms with Crippen LogP contribution in [0.2, 0.25) is 0 Å². The lowest BCUT2D eigenvalue weighted by Crippen LogP contribution is -2.61. The summed E-state index contributed by atoms with van der Waals surface area (Å²) < 4.78 is 18.4. The SMILES string of the molecule is CCC(C)C1NC(=O)C(NC(=O)c2c3nc4c(C(=O)NC5C(=O)NC(C(C)CC)C(=O)N6CCCC6C(=O)N(C)CC(=O)N(C)C(C(C)C)C(=O)OC5C)ccc(C)c4oc-3c(C)c(=O)c2NN)C(C)OC(=O)C(C(C)C)N(C)C(=O)CN(C)C(=O)C2CCCN2C1=O. The molecule has 6 aliphatic rings. The van der Waals surface area contributed by atoms with E-state index in [0.717, 1.165) is 9.80 Å². The number of nitrogens with one attached hydrogen (secondary N) is 5. The maximum Gasteiger partial charge on any atom is 0.329 e. The summed E-state index contributed by atoms with van der Waals surface area (Å²) in [6.07, 6.45) is -0.955. The summed E-state index contributed by atoms with van der Waals surface area (Å²) in [5, 5.41) is 10.9. The number of likely N-dealkylation sites (N-methyl/N-ethyl adjacent to an activating group) is 4. The first-order valence-corrected chi connectivity index (χ1v) is 31.9. The number of fused-ring (bicyclic) bond motifs is 4. The molecule has 508 valence electrons. The normalized spacial score (nSPS) is 26.3. The number of esters is 2. The lowest BCUT2D eigenvalue weighted by molar-refractivity contribution is -0.163. The first kappa shape index (κ1) is 71.7. The smallest absolute Gasteiger partial charge is 0.329 e. The van der Waals surface area contributed by atoms with Gasteiger partial charge in [-0.15, -0.1) is 0 Å². The van der Waals surface area contributed by atoms with Gasteiger partial charge in [0, 0.05) is 46.8 Å². The molecule has 29 heteroatoms. The van der Waals surface area contributed by atoms with E-state index >= 15 is 19.2 Å². The van der Waals surface area contributed by atoms with Crippen molar-refractivity contribution in [1.29, 1.82) is 0 Å². The van der Waals surface area contributed by atoms with Gasteiger partial charge in [0.1, 0.15) is 77.4 Å². The predicted octanol–water partition coefficient (Wildman–Crippen LogP) is 1.21. The molecule has 7 rings (SSSR count). The highest BCUT2D eigenvalue weighted by Gasteiger charge is 2.47. The van der Waals surface area contributed by atoms with Gasteiger partial charge in [0.2, 0.25) is 52.7 Å². The number of carbonyl (C=O) groups is 12. The van der Waals surface area contributed by atoms with Crippen LogP contribution in [0, 0.1) is 37.5 Å². The maximum absolute atomic E-state index is 15.4. The number of aryl methyl sites for hydroxylation is 1. The molecule has 4 saturated heterocycles. The van der Waals surface area contributed by atoms with Crippen molar-refractivity contribution >= 4 is 87.8 Å². The average Bonchev–Trinajstić information content (AvgIpc) is 1.34. The Hall–Kier alpha value is -8.76. The van der Waals surface area contributed by atoms with E-state index in [1.165, 1.54) is 80.7 Å². The Morgan fingerprint density at radius 2 is 1.08 bits per heavy atom. The average molecular weight is 1300 g/mol. The van der Waals surface area contributed by atoms with Gasteiger partial charge >= 0.3 is 11.9 Å². The standard InChI is InChI=1S/C64H91N13O16/c1-17-31(7)43-61(87)76-25-19-21-38(76)59(85)72(13)27-40(78)74(15)50(29(3)4)63(89)91-35(11)45(57(83)67-43)69-55(81)37-24-23-33(9)53-47(37)66-49-42(48(71-65)52(80)34(10)54(49)93-53)56(82)70-46-36(12)92-64(90)51(30(5)6)75(16)41(79)28-73(14)60(86)39-22-20-26-77(39)62(88)44(32(8)18-2)68-58(46)84/h23-24,29-32,35-36,38-39,43-46,50-51,71H,17-22,25-28,65H2,1-16H3,(H,67,83)(H,68,84)(H,69,81)(H,70,82). The zero-order chi connectivity index (χ0) is 69.1. The monoisotopic (exact) mass is 1300 g/mol. The second-order valence-corrected chi connectivity index (χ2v) is 25.9. The third-order valence-electron chi connectivity index (χ3n) is 18.7. The Balaban J connectivity index is 1.35. The number of benzene rings is 2. The zero-order valence-corrected chi connectivity index (χ0v) is 56.0. The number of rotatable bonds is 11. The van der Waals surface area contributed by atoms with E-state index in [1.54, 1.807) is 62.3 Å². The van der Waals surface area contributed by atoms with Crippen molar-refractivity contribution < 1.29 is 71.4 Å².